The van der Waals surface area contributed by atoms with Crippen molar-refractivity contribution >= 4 is 65.7 Å². The minimum absolute atomic E-state index is 0. The Labute approximate surface area is 234 Å². The molecule has 3 aromatic rings. The van der Waals surface area contributed by atoms with Gasteiger partial charge in [-0.15, -0.1) is 78.4 Å². The molecule has 6 heteroatoms. The van der Waals surface area contributed by atoms with E-state index in [4.69, 9.17) is 23.2 Å². The summed E-state index contributed by atoms with van der Waals surface area (Å²) in [6.07, 6.45) is 3.36. The minimum atomic E-state index is 0. The fourth-order valence-electron chi connectivity index (χ4n) is 3.27. The zero-order valence-electron chi connectivity index (χ0n) is 19.3. The zero-order chi connectivity index (χ0) is 20.8. The standard InChI is InChI=1S/C15H9Cl2.C9H13.2CH3.2ClH.Si.Zr/c16-12-7-11(8-13(17)9-12)15-6-5-10-3-1-2-4-14(10)15;1-6-5-7(2)9(4)8(6)3;;;;;;/h1-9H;6H,1-4H3;2*1H3;2*1H;;/q4*-1;;;;. The van der Waals surface area contributed by atoms with Gasteiger partial charge in [0.05, 0.1) is 0 Å². The Hall–Kier alpha value is -0.210. The Morgan fingerprint density at radius 1 is 0.938 bits per heavy atom. The van der Waals surface area contributed by atoms with Crippen LogP contribution in [0.25, 0.3) is 21.9 Å². The van der Waals surface area contributed by atoms with Crippen molar-refractivity contribution in [3.05, 3.63) is 102 Å². The first-order valence-corrected chi connectivity index (χ1v) is 13.9. The molecule has 174 valence electrons. The van der Waals surface area contributed by atoms with Gasteiger partial charge in [0, 0.05) is 10.0 Å². The van der Waals surface area contributed by atoms with E-state index < -0.39 is 0 Å². The number of rotatable bonds is 1. The molecule has 0 heterocycles. The van der Waals surface area contributed by atoms with Crippen LogP contribution >= 0.6 is 48.0 Å². The van der Waals surface area contributed by atoms with E-state index in [-0.39, 0.29) is 39.7 Å². The van der Waals surface area contributed by atoms with Crippen LogP contribution in [-0.2, 0) is 23.3 Å². The second kappa shape index (κ2) is 17.3. The fourth-order valence-corrected chi connectivity index (χ4v) is 3.80. The molecule has 4 rings (SSSR count). The molecule has 0 bridgehead atoms. The van der Waals surface area contributed by atoms with E-state index in [0.29, 0.717) is 16.0 Å². The summed E-state index contributed by atoms with van der Waals surface area (Å²) in [6.45, 7) is 11.7. The first-order chi connectivity index (χ1) is 13.4. The van der Waals surface area contributed by atoms with Crippen LogP contribution in [0.4, 0.5) is 0 Å². The van der Waals surface area contributed by atoms with E-state index in [1.807, 2.05) is 24.3 Å². The van der Waals surface area contributed by atoms with Crippen LogP contribution in [0.5, 0.6) is 0 Å². The molecule has 3 aromatic carbocycles. The van der Waals surface area contributed by atoms with Gasteiger partial charge in [0.2, 0.25) is 0 Å². The molecule has 0 amide bonds. The van der Waals surface area contributed by atoms with Crippen molar-refractivity contribution in [2.75, 3.05) is 0 Å². The van der Waals surface area contributed by atoms with Crippen LogP contribution < -0.4 is 0 Å². The van der Waals surface area contributed by atoms with Crippen molar-refractivity contribution in [3.8, 4) is 11.1 Å². The van der Waals surface area contributed by atoms with Crippen LogP contribution in [0.15, 0.2) is 71.3 Å². The Morgan fingerprint density at radius 2 is 1.47 bits per heavy atom. The third kappa shape index (κ3) is 9.21. The maximum atomic E-state index is 6.03. The van der Waals surface area contributed by atoms with E-state index in [0.717, 1.165) is 5.56 Å². The van der Waals surface area contributed by atoms with Crippen molar-refractivity contribution in [2.24, 2.45) is 5.92 Å². The second-order valence-electron chi connectivity index (χ2n) is 6.79. The maximum absolute atomic E-state index is 6.03. The average molecular weight is 604 g/mol. The van der Waals surface area contributed by atoms with Gasteiger partial charge < -0.3 is 14.9 Å². The van der Waals surface area contributed by atoms with Crippen molar-refractivity contribution in [1.82, 2.24) is 0 Å². The molecular formula is C26H30Cl4SiZr-4. The fraction of sp³-hybridized carbons (Fsp3) is 0.192. The summed E-state index contributed by atoms with van der Waals surface area (Å²) in [5.41, 5.74) is 6.48. The van der Waals surface area contributed by atoms with Crippen LogP contribution in [0.3, 0.4) is 0 Å². The molecule has 1 unspecified atom stereocenters. The van der Waals surface area contributed by atoms with E-state index in [1.165, 1.54) is 56.4 Å². The van der Waals surface area contributed by atoms with E-state index in [9.17, 15) is 0 Å². The number of hydrogen-bond donors (Lipinski definition) is 0. The van der Waals surface area contributed by atoms with Gasteiger partial charge in [0.1, 0.15) is 0 Å². The van der Waals surface area contributed by atoms with E-state index in [1.54, 1.807) is 6.07 Å². The van der Waals surface area contributed by atoms with Crippen LogP contribution in [0.2, 0.25) is 10.0 Å². The molecular weight excluding hydrogens is 573 g/mol. The van der Waals surface area contributed by atoms with Gasteiger partial charge in [-0.2, -0.15) is 11.1 Å². The Morgan fingerprint density at radius 3 is 1.91 bits per heavy atom. The molecule has 1 atom stereocenters. The predicted molar refractivity (Wildman–Crippen MR) is 148 cm³/mol. The Bertz CT molecular complexity index is 1020. The topological polar surface area (TPSA) is 0 Å². The van der Waals surface area contributed by atoms with Gasteiger partial charge in [0.15, 0.2) is 0 Å². The van der Waals surface area contributed by atoms with E-state index >= 15 is 0 Å². The van der Waals surface area contributed by atoms with Crippen molar-refractivity contribution < 1.29 is 23.3 Å². The number of halogens is 4. The summed E-state index contributed by atoms with van der Waals surface area (Å²) in [7, 11) is 0. The summed E-state index contributed by atoms with van der Waals surface area (Å²) < 4.78 is 0. The monoisotopic (exact) mass is 600 g/mol. The molecule has 1 aliphatic carbocycles. The second-order valence-corrected chi connectivity index (χ2v) is 7.66. The molecule has 0 nitrogen and oxygen atoms in total. The molecule has 0 saturated carbocycles. The molecule has 1 aliphatic rings. The number of allylic oxidation sites excluding steroid dienone is 4. The number of hydrogen-bond acceptors (Lipinski definition) is 0. The molecule has 0 spiro atoms. The normalized spacial score (nSPS) is 13.5. The SMILES string of the molecule is CC1=[C-]C(C)C(C)=C1C.Cl.Cl.Clc1cc(Cl)cc(-c2c[cH-]c3ccccc23)c1.[CH3-].[CH3-].[Si]=[Zr]. The Kier molecular flexibility index (Phi) is 19.6. The first-order valence-electron chi connectivity index (χ1n) is 9.00. The summed E-state index contributed by atoms with van der Waals surface area (Å²) in [5, 5.41) is 3.79. The van der Waals surface area contributed by atoms with Gasteiger partial charge in [-0.3, -0.25) is 6.08 Å². The summed E-state index contributed by atoms with van der Waals surface area (Å²) in [4.78, 5) is 0. The summed E-state index contributed by atoms with van der Waals surface area (Å²) in [5.74, 6) is 0.560. The van der Waals surface area contributed by atoms with Gasteiger partial charge in [0.25, 0.3) is 0 Å². The molecule has 0 aromatic heterocycles. The molecule has 0 N–H and O–H groups in total. The molecule has 0 aliphatic heterocycles. The third-order valence-corrected chi connectivity index (χ3v) is 5.53. The van der Waals surface area contributed by atoms with Gasteiger partial charge >= 0.3 is 30.2 Å². The first kappa shape index (κ1) is 36.4. The zero-order valence-corrected chi connectivity index (χ0v) is 25.9. The Balaban J connectivity index is -0.000000490. The quantitative estimate of drug-likeness (QED) is 0.192. The summed E-state index contributed by atoms with van der Waals surface area (Å²) in [6, 6.07) is 18.1. The van der Waals surface area contributed by atoms with Crippen LogP contribution in [0.1, 0.15) is 27.7 Å². The van der Waals surface area contributed by atoms with Crippen molar-refractivity contribution in [2.45, 2.75) is 27.7 Å². The number of fused-ring (bicyclic) bond motifs is 1. The van der Waals surface area contributed by atoms with Gasteiger partial charge in [-0.1, -0.05) is 61.5 Å². The van der Waals surface area contributed by atoms with Crippen LogP contribution in [0, 0.1) is 26.8 Å². The molecule has 0 fully saturated rings. The van der Waals surface area contributed by atoms with Crippen molar-refractivity contribution in [3.63, 3.8) is 0 Å². The van der Waals surface area contributed by atoms with Crippen LogP contribution in [-0.4, -0.2) is 6.88 Å². The van der Waals surface area contributed by atoms with E-state index in [2.05, 4.69) is 64.9 Å². The molecule has 0 saturated heterocycles. The van der Waals surface area contributed by atoms with Gasteiger partial charge in [-0.05, 0) is 18.2 Å². The third-order valence-electron chi connectivity index (χ3n) is 5.09. The molecule has 2 radical (unpaired) electrons. The number of benzene rings is 2. The summed E-state index contributed by atoms with van der Waals surface area (Å²) >= 11 is 13.4. The van der Waals surface area contributed by atoms with Crippen molar-refractivity contribution in [1.29, 1.82) is 0 Å². The molecule has 32 heavy (non-hydrogen) atoms. The van der Waals surface area contributed by atoms with Gasteiger partial charge in [-0.25, -0.2) is 5.57 Å². The average Bonchev–Trinajstić information content (AvgIpc) is 3.20. The predicted octanol–water partition coefficient (Wildman–Crippen LogP) is 9.62.